The lowest BCUT2D eigenvalue weighted by molar-refractivity contribution is -0.143. The Hall–Kier alpha value is -1.72. The van der Waals surface area contributed by atoms with Crippen LogP contribution in [0.5, 0.6) is 0 Å². The van der Waals surface area contributed by atoms with E-state index in [2.05, 4.69) is 24.1 Å². The number of rotatable bonds is 11. The van der Waals surface area contributed by atoms with Crippen LogP contribution in [-0.2, 0) is 9.53 Å². The van der Waals surface area contributed by atoms with Crippen molar-refractivity contribution in [3.8, 4) is 0 Å². The molecule has 0 amide bonds. The van der Waals surface area contributed by atoms with E-state index in [-0.39, 0.29) is 18.2 Å². The van der Waals surface area contributed by atoms with Crippen LogP contribution < -0.4 is 5.32 Å². The van der Waals surface area contributed by atoms with E-state index < -0.39 is 6.04 Å². The van der Waals surface area contributed by atoms with Gasteiger partial charge < -0.3 is 15.0 Å². The van der Waals surface area contributed by atoms with Gasteiger partial charge in [-0.1, -0.05) is 44.2 Å². The fraction of sp³-hybridized carbons (Fsp3) is 0.556. The number of ether oxygens (including phenoxy) is 1. The number of hydrogen-bond acceptors (Lipinski definition) is 5. The molecule has 1 rings (SSSR count). The molecule has 5 heteroatoms. The van der Waals surface area contributed by atoms with Crippen molar-refractivity contribution >= 4 is 11.8 Å². The molecule has 0 fully saturated rings. The number of ketones is 1. The SMILES string of the molecule is CCOC(=O)CC(NCCN(CC)CC)C(=O)c1ccccc1. The summed E-state index contributed by atoms with van der Waals surface area (Å²) in [7, 11) is 0. The predicted octanol–water partition coefficient (Wildman–Crippen LogP) is 2.12. The summed E-state index contributed by atoms with van der Waals surface area (Å²) < 4.78 is 4.99. The summed E-state index contributed by atoms with van der Waals surface area (Å²) in [4.78, 5) is 26.7. The molecule has 0 saturated heterocycles. The van der Waals surface area contributed by atoms with Crippen molar-refractivity contribution in [2.45, 2.75) is 33.2 Å². The number of Topliss-reactive ketones (excluding diaryl/α,β-unsaturated/α-hetero) is 1. The normalized spacial score (nSPS) is 12.2. The molecule has 0 bridgehead atoms. The molecular weight excluding hydrogens is 292 g/mol. The number of nitrogens with zero attached hydrogens (tertiary/aromatic N) is 1. The minimum absolute atomic E-state index is 0.0554. The van der Waals surface area contributed by atoms with Gasteiger partial charge in [0.15, 0.2) is 5.78 Å². The van der Waals surface area contributed by atoms with E-state index in [0.717, 1.165) is 19.6 Å². The van der Waals surface area contributed by atoms with Gasteiger partial charge in [0, 0.05) is 18.7 Å². The highest BCUT2D eigenvalue weighted by Crippen LogP contribution is 2.07. The van der Waals surface area contributed by atoms with Crippen molar-refractivity contribution in [2.24, 2.45) is 0 Å². The summed E-state index contributed by atoms with van der Waals surface area (Å²) in [5, 5.41) is 3.21. The fourth-order valence-electron chi connectivity index (χ4n) is 2.38. The van der Waals surface area contributed by atoms with E-state index in [1.54, 1.807) is 19.1 Å². The second-order valence-corrected chi connectivity index (χ2v) is 5.27. The van der Waals surface area contributed by atoms with Gasteiger partial charge in [0.2, 0.25) is 0 Å². The van der Waals surface area contributed by atoms with Crippen molar-refractivity contribution < 1.29 is 14.3 Å². The van der Waals surface area contributed by atoms with E-state index >= 15 is 0 Å². The molecule has 128 valence electrons. The molecule has 0 spiro atoms. The van der Waals surface area contributed by atoms with Crippen molar-refractivity contribution in [1.29, 1.82) is 0 Å². The van der Waals surface area contributed by atoms with Crippen LogP contribution in [0.15, 0.2) is 30.3 Å². The molecule has 0 aliphatic rings. The largest absolute Gasteiger partial charge is 0.466 e. The first-order valence-electron chi connectivity index (χ1n) is 8.32. The molecule has 23 heavy (non-hydrogen) atoms. The van der Waals surface area contributed by atoms with Gasteiger partial charge in [0.05, 0.1) is 19.1 Å². The molecule has 0 aliphatic heterocycles. The van der Waals surface area contributed by atoms with Gasteiger partial charge in [0.25, 0.3) is 0 Å². The maximum atomic E-state index is 12.6. The summed E-state index contributed by atoms with van der Waals surface area (Å²) >= 11 is 0. The Labute approximate surface area is 139 Å². The molecule has 0 heterocycles. The molecule has 1 aromatic rings. The Bertz CT molecular complexity index is 472. The number of likely N-dealkylation sites (N-methyl/N-ethyl adjacent to an activating group) is 1. The first kappa shape index (κ1) is 19.3. The monoisotopic (exact) mass is 320 g/mol. The van der Waals surface area contributed by atoms with Crippen LogP contribution in [0.4, 0.5) is 0 Å². The maximum Gasteiger partial charge on any atom is 0.307 e. The highest BCUT2D eigenvalue weighted by atomic mass is 16.5. The molecule has 1 unspecified atom stereocenters. The van der Waals surface area contributed by atoms with Crippen LogP contribution in [0.1, 0.15) is 37.6 Å². The molecular formula is C18H28N2O3. The Morgan fingerprint density at radius 3 is 2.35 bits per heavy atom. The number of benzene rings is 1. The summed E-state index contributed by atoms with van der Waals surface area (Å²) in [6, 6.07) is 8.51. The van der Waals surface area contributed by atoms with Gasteiger partial charge in [-0.25, -0.2) is 0 Å². The zero-order valence-corrected chi connectivity index (χ0v) is 14.4. The lowest BCUT2D eigenvalue weighted by Gasteiger charge is -2.21. The second kappa shape index (κ2) is 10.9. The first-order chi connectivity index (χ1) is 11.1. The number of carbonyl (C=O) groups is 2. The minimum atomic E-state index is -0.549. The van der Waals surface area contributed by atoms with Crippen LogP contribution in [0.3, 0.4) is 0 Å². The average Bonchev–Trinajstić information content (AvgIpc) is 2.58. The zero-order valence-electron chi connectivity index (χ0n) is 14.4. The third-order valence-electron chi connectivity index (χ3n) is 3.76. The highest BCUT2D eigenvalue weighted by molar-refractivity contribution is 6.01. The molecule has 5 nitrogen and oxygen atoms in total. The molecule has 0 aromatic heterocycles. The van der Waals surface area contributed by atoms with Gasteiger partial charge in [-0.3, -0.25) is 9.59 Å². The Balaban J connectivity index is 2.68. The predicted molar refractivity (Wildman–Crippen MR) is 91.6 cm³/mol. The number of hydrogen-bond donors (Lipinski definition) is 1. The lowest BCUT2D eigenvalue weighted by Crippen LogP contribution is -2.43. The van der Waals surface area contributed by atoms with Crippen molar-refractivity contribution in [1.82, 2.24) is 10.2 Å². The topological polar surface area (TPSA) is 58.6 Å². The van der Waals surface area contributed by atoms with E-state index in [4.69, 9.17) is 4.74 Å². The van der Waals surface area contributed by atoms with Gasteiger partial charge in [-0.2, -0.15) is 0 Å². The molecule has 1 atom stereocenters. The van der Waals surface area contributed by atoms with E-state index in [1.165, 1.54) is 0 Å². The average molecular weight is 320 g/mol. The molecule has 1 aromatic carbocycles. The summed E-state index contributed by atoms with van der Waals surface area (Å²) in [5.41, 5.74) is 0.608. The van der Waals surface area contributed by atoms with E-state index in [0.29, 0.717) is 18.7 Å². The smallest absolute Gasteiger partial charge is 0.307 e. The number of esters is 1. The third-order valence-corrected chi connectivity index (χ3v) is 3.76. The fourth-order valence-corrected chi connectivity index (χ4v) is 2.38. The Kier molecular flexibility index (Phi) is 9.17. The summed E-state index contributed by atoms with van der Waals surface area (Å²) in [6.07, 6.45) is 0.0554. The van der Waals surface area contributed by atoms with Crippen molar-refractivity contribution in [2.75, 3.05) is 32.8 Å². The van der Waals surface area contributed by atoms with Crippen LogP contribution in [0.2, 0.25) is 0 Å². The number of nitrogens with one attached hydrogen (secondary N) is 1. The Morgan fingerprint density at radius 2 is 1.78 bits per heavy atom. The summed E-state index contributed by atoms with van der Waals surface area (Å²) in [6.45, 7) is 9.73. The third kappa shape index (κ3) is 6.93. The Morgan fingerprint density at radius 1 is 1.13 bits per heavy atom. The first-order valence-corrected chi connectivity index (χ1v) is 8.32. The highest BCUT2D eigenvalue weighted by Gasteiger charge is 2.23. The van der Waals surface area contributed by atoms with Gasteiger partial charge in [0.1, 0.15) is 0 Å². The molecule has 1 N–H and O–H groups in total. The molecule has 0 radical (unpaired) electrons. The summed E-state index contributed by atoms with van der Waals surface area (Å²) in [5.74, 6) is -0.421. The maximum absolute atomic E-state index is 12.6. The van der Waals surface area contributed by atoms with Crippen LogP contribution >= 0.6 is 0 Å². The van der Waals surface area contributed by atoms with Gasteiger partial charge >= 0.3 is 5.97 Å². The quantitative estimate of drug-likeness (QED) is 0.500. The molecule has 0 saturated carbocycles. The number of carbonyl (C=O) groups excluding carboxylic acids is 2. The molecule has 0 aliphatic carbocycles. The van der Waals surface area contributed by atoms with Crippen LogP contribution in [0, 0.1) is 0 Å². The van der Waals surface area contributed by atoms with Crippen LogP contribution in [-0.4, -0.2) is 55.5 Å². The van der Waals surface area contributed by atoms with E-state index in [1.807, 2.05) is 18.2 Å². The van der Waals surface area contributed by atoms with Crippen molar-refractivity contribution in [3.63, 3.8) is 0 Å². The van der Waals surface area contributed by atoms with Gasteiger partial charge in [-0.15, -0.1) is 0 Å². The van der Waals surface area contributed by atoms with Gasteiger partial charge in [-0.05, 0) is 20.0 Å². The lowest BCUT2D eigenvalue weighted by atomic mass is 10.0. The standard InChI is InChI=1S/C18H28N2O3/c1-4-20(5-2)13-12-19-16(14-17(21)23-6-3)18(22)15-10-8-7-9-11-15/h7-11,16,19H,4-6,12-14H2,1-3H3. The van der Waals surface area contributed by atoms with Crippen LogP contribution in [0.25, 0.3) is 0 Å². The zero-order chi connectivity index (χ0) is 17.1. The second-order valence-electron chi connectivity index (χ2n) is 5.27. The van der Waals surface area contributed by atoms with E-state index in [9.17, 15) is 9.59 Å². The minimum Gasteiger partial charge on any atom is -0.466 e. The van der Waals surface area contributed by atoms with Crippen molar-refractivity contribution in [3.05, 3.63) is 35.9 Å².